The van der Waals surface area contributed by atoms with E-state index in [1.165, 1.54) is 0 Å². The first-order valence-electron chi connectivity index (χ1n) is 8.13. The van der Waals surface area contributed by atoms with Gasteiger partial charge in [-0.05, 0) is 55.5 Å². The molecule has 6 heteroatoms. The second kappa shape index (κ2) is 10.5. The van der Waals surface area contributed by atoms with Gasteiger partial charge in [-0.25, -0.2) is 4.21 Å². The summed E-state index contributed by atoms with van der Waals surface area (Å²) in [5.41, 5.74) is 1.53. The lowest BCUT2D eigenvalue weighted by Gasteiger charge is -2.06. The van der Waals surface area contributed by atoms with Crippen molar-refractivity contribution >= 4 is 34.1 Å². The van der Waals surface area contributed by atoms with Gasteiger partial charge in [0.2, 0.25) is 0 Å². The second-order valence-electron chi connectivity index (χ2n) is 5.48. The molecular formula is C21H20ClNO3S. The van der Waals surface area contributed by atoms with Crippen LogP contribution in [0.2, 0.25) is 5.02 Å². The summed E-state index contributed by atoms with van der Waals surface area (Å²) in [5.74, 6) is 0.859. The molecule has 1 unspecified atom stereocenters. The lowest BCUT2D eigenvalue weighted by molar-refractivity contribution is 0.101. The highest BCUT2D eigenvalue weighted by Crippen LogP contribution is 2.18. The smallest absolute Gasteiger partial charge is 0.159 e. The maximum absolute atomic E-state index is 12.0. The van der Waals surface area contributed by atoms with Crippen molar-refractivity contribution in [3.63, 3.8) is 0 Å². The van der Waals surface area contributed by atoms with E-state index in [-0.39, 0.29) is 5.78 Å². The van der Waals surface area contributed by atoms with Gasteiger partial charge < -0.3 is 9.46 Å². The highest BCUT2D eigenvalue weighted by molar-refractivity contribution is 7.86. The van der Waals surface area contributed by atoms with Crippen LogP contribution in [0.1, 0.15) is 17.3 Å². The minimum absolute atomic E-state index is 0.121. The Morgan fingerprint density at radius 3 is 2.00 bits per heavy atom. The summed E-state index contributed by atoms with van der Waals surface area (Å²) in [5, 5.41) is 0.649. The zero-order valence-electron chi connectivity index (χ0n) is 15.0. The number of benzene rings is 3. The van der Waals surface area contributed by atoms with Crippen LogP contribution in [0.5, 0.6) is 5.75 Å². The van der Waals surface area contributed by atoms with E-state index in [9.17, 15) is 9.00 Å². The van der Waals surface area contributed by atoms with Crippen molar-refractivity contribution in [3.8, 4) is 5.75 Å². The average Bonchev–Trinajstić information content (AvgIpc) is 2.71. The number of hydrogen-bond donors (Lipinski definition) is 1. The average molecular weight is 402 g/mol. The first-order valence-corrected chi connectivity index (χ1v) is 9.66. The molecule has 1 N–H and O–H groups in total. The third kappa shape index (κ3) is 6.89. The molecule has 0 aliphatic heterocycles. The summed E-state index contributed by atoms with van der Waals surface area (Å²) < 4.78 is 20.0. The van der Waals surface area contributed by atoms with Crippen molar-refractivity contribution in [2.75, 3.05) is 11.8 Å². The monoisotopic (exact) mass is 401 g/mol. The summed E-state index contributed by atoms with van der Waals surface area (Å²) in [7, 11) is 0.295. The maximum atomic E-state index is 12.0. The molecule has 0 radical (unpaired) electrons. The molecule has 27 heavy (non-hydrogen) atoms. The third-order valence-corrected chi connectivity index (χ3v) is 4.88. The first kappa shape index (κ1) is 20.7. The Morgan fingerprint density at radius 1 is 0.926 bits per heavy atom. The number of hydrogen-bond acceptors (Lipinski definition) is 3. The van der Waals surface area contributed by atoms with Crippen molar-refractivity contribution in [2.45, 2.75) is 11.8 Å². The number of carbonyl (C=O) groups is 1. The van der Waals surface area contributed by atoms with Crippen molar-refractivity contribution in [3.05, 3.63) is 89.4 Å². The summed E-state index contributed by atoms with van der Waals surface area (Å²) in [6, 6.07) is 23.4. The Morgan fingerprint density at radius 2 is 1.52 bits per heavy atom. The fourth-order valence-electron chi connectivity index (χ4n) is 2.06. The molecule has 0 amide bonds. The van der Waals surface area contributed by atoms with Crippen LogP contribution < -0.4 is 9.46 Å². The zero-order chi connectivity index (χ0) is 19.6. The number of nitrogens with one attached hydrogen (secondary N) is 1. The molecular weight excluding hydrogens is 382 g/mol. The summed E-state index contributed by atoms with van der Waals surface area (Å²) in [6.45, 7) is 1.56. The van der Waals surface area contributed by atoms with Crippen LogP contribution >= 0.6 is 11.6 Å². The molecule has 3 rings (SSSR count). The van der Waals surface area contributed by atoms with E-state index in [1.54, 1.807) is 62.6 Å². The Kier molecular flexibility index (Phi) is 8.04. The number of carbonyl (C=O) groups excluding carboxylic acids is 1. The number of methoxy groups -OCH3 is 1. The molecule has 3 aromatic carbocycles. The molecule has 3 aromatic rings. The largest absolute Gasteiger partial charge is 0.497 e. The SMILES string of the molecule is CC(=O)c1ccccc1.COc1ccc(S(=O)Nc2ccc(Cl)cc2)cc1. The number of anilines is 1. The molecule has 1 atom stereocenters. The van der Waals surface area contributed by atoms with Crippen molar-refractivity contribution < 1.29 is 13.7 Å². The van der Waals surface area contributed by atoms with Crippen LogP contribution in [-0.4, -0.2) is 17.1 Å². The number of ether oxygens (including phenoxy) is 1. The normalized spacial score (nSPS) is 10.9. The topological polar surface area (TPSA) is 55.4 Å². The standard InChI is InChI=1S/C13H12ClNO2S.C8H8O/c1-17-12-6-8-13(9-7-12)18(16)15-11-4-2-10(14)3-5-11;1-7(9)8-5-3-2-4-6-8/h2-9,15H,1H3;2-6H,1H3. The predicted molar refractivity (Wildman–Crippen MR) is 111 cm³/mol. The van der Waals surface area contributed by atoms with E-state index < -0.39 is 11.0 Å². The van der Waals surface area contributed by atoms with Gasteiger partial charge in [-0.15, -0.1) is 0 Å². The molecule has 0 aliphatic rings. The lowest BCUT2D eigenvalue weighted by Crippen LogP contribution is -2.04. The van der Waals surface area contributed by atoms with Crippen LogP contribution in [0, 0.1) is 0 Å². The van der Waals surface area contributed by atoms with Crippen LogP contribution in [0.3, 0.4) is 0 Å². The van der Waals surface area contributed by atoms with Gasteiger partial charge in [0.1, 0.15) is 16.7 Å². The fourth-order valence-corrected chi connectivity index (χ4v) is 3.03. The van der Waals surface area contributed by atoms with Gasteiger partial charge in [-0.1, -0.05) is 41.9 Å². The van der Waals surface area contributed by atoms with E-state index in [4.69, 9.17) is 16.3 Å². The van der Waals surface area contributed by atoms with Crippen molar-refractivity contribution in [1.82, 2.24) is 0 Å². The number of ketones is 1. The van der Waals surface area contributed by atoms with Crippen molar-refractivity contribution in [2.24, 2.45) is 0 Å². The molecule has 0 aliphatic carbocycles. The van der Waals surface area contributed by atoms with Gasteiger partial charge in [0.15, 0.2) is 5.78 Å². The van der Waals surface area contributed by atoms with Crippen LogP contribution in [0.25, 0.3) is 0 Å². The summed E-state index contributed by atoms with van der Waals surface area (Å²) >= 11 is 5.78. The van der Waals surface area contributed by atoms with Gasteiger partial charge >= 0.3 is 0 Å². The fraction of sp³-hybridized carbons (Fsp3) is 0.0952. The minimum Gasteiger partial charge on any atom is -0.497 e. The van der Waals surface area contributed by atoms with Crippen LogP contribution in [0.15, 0.2) is 83.8 Å². The first-order chi connectivity index (χ1) is 13.0. The maximum Gasteiger partial charge on any atom is 0.159 e. The van der Waals surface area contributed by atoms with Gasteiger partial charge in [-0.2, -0.15) is 0 Å². The second-order valence-corrected chi connectivity index (χ2v) is 7.12. The Hall–Kier alpha value is -2.63. The lowest BCUT2D eigenvalue weighted by atomic mass is 10.2. The van der Waals surface area contributed by atoms with Gasteiger partial charge in [0, 0.05) is 16.3 Å². The number of halogens is 1. The molecule has 0 bridgehead atoms. The van der Waals surface area contributed by atoms with Gasteiger partial charge in [-0.3, -0.25) is 4.79 Å². The molecule has 140 valence electrons. The molecule has 0 saturated carbocycles. The molecule has 0 heterocycles. The summed E-state index contributed by atoms with van der Waals surface area (Å²) in [4.78, 5) is 11.3. The molecule has 0 aromatic heterocycles. The van der Waals surface area contributed by atoms with E-state index in [0.717, 1.165) is 17.0 Å². The minimum atomic E-state index is -1.30. The van der Waals surface area contributed by atoms with Crippen molar-refractivity contribution in [1.29, 1.82) is 0 Å². The molecule has 4 nitrogen and oxygen atoms in total. The Balaban J connectivity index is 0.000000244. The molecule has 0 fully saturated rings. The highest BCUT2D eigenvalue weighted by atomic mass is 35.5. The third-order valence-electron chi connectivity index (χ3n) is 3.51. The molecule has 0 saturated heterocycles. The number of Topliss-reactive ketones (excluding diaryl/α,β-unsaturated/α-hetero) is 1. The highest BCUT2D eigenvalue weighted by Gasteiger charge is 2.04. The predicted octanol–water partition coefficient (Wildman–Crippen LogP) is 5.37. The molecule has 0 spiro atoms. The van der Waals surface area contributed by atoms with Crippen LogP contribution in [0.4, 0.5) is 5.69 Å². The van der Waals surface area contributed by atoms with E-state index in [2.05, 4.69) is 4.72 Å². The number of rotatable bonds is 5. The van der Waals surface area contributed by atoms with Crippen LogP contribution in [-0.2, 0) is 11.0 Å². The van der Waals surface area contributed by atoms with E-state index in [1.807, 2.05) is 30.3 Å². The van der Waals surface area contributed by atoms with Gasteiger partial charge in [0.25, 0.3) is 0 Å². The zero-order valence-corrected chi connectivity index (χ0v) is 16.6. The van der Waals surface area contributed by atoms with E-state index >= 15 is 0 Å². The quantitative estimate of drug-likeness (QED) is 0.584. The van der Waals surface area contributed by atoms with Gasteiger partial charge in [0.05, 0.1) is 12.0 Å². The Bertz CT molecular complexity index is 882. The van der Waals surface area contributed by atoms with E-state index in [0.29, 0.717) is 9.92 Å². The Labute approximate surface area is 166 Å². The summed E-state index contributed by atoms with van der Waals surface area (Å²) in [6.07, 6.45) is 0.